The van der Waals surface area contributed by atoms with Gasteiger partial charge in [0.25, 0.3) is 5.91 Å². The lowest BCUT2D eigenvalue weighted by Gasteiger charge is -2.24. The van der Waals surface area contributed by atoms with Gasteiger partial charge in [-0.05, 0) is 38.0 Å². The first-order valence-electron chi connectivity index (χ1n) is 9.15. The third-order valence-corrected chi connectivity index (χ3v) is 4.99. The molecule has 1 aliphatic rings. The molecular weight excluding hydrogens is 344 g/mol. The topological polar surface area (TPSA) is 73.4 Å². The number of aryl methyl sites for hydroxylation is 1. The Bertz CT molecular complexity index is 946. The SMILES string of the molecule is CCn1nccc1C1CCCN1C(=O)c1cc(-c2cccc(OC)c2)no1. The zero-order valence-electron chi connectivity index (χ0n) is 15.5. The maximum Gasteiger partial charge on any atom is 0.293 e. The molecule has 1 unspecified atom stereocenters. The lowest BCUT2D eigenvalue weighted by molar-refractivity contribution is 0.0687. The molecular formula is C20H22N4O3. The van der Waals surface area contributed by atoms with Crippen molar-refractivity contribution in [2.45, 2.75) is 32.4 Å². The largest absolute Gasteiger partial charge is 0.497 e. The van der Waals surface area contributed by atoms with Crippen LogP contribution in [0.2, 0.25) is 0 Å². The molecule has 1 aliphatic heterocycles. The van der Waals surface area contributed by atoms with Crippen molar-refractivity contribution in [2.24, 2.45) is 0 Å². The van der Waals surface area contributed by atoms with Crippen LogP contribution in [0.3, 0.4) is 0 Å². The van der Waals surface area contributed by atoms with Crippen molar-refractivity contribution >= 4 is 5.91 Å². The third-order valence-electron chi connectivity index (χ3n) is 4.99. The number of methoxy groups -OCH3 is 1. The van der Waals surface area contributed by atoms with Crippen molar-refractivity contribution in [1.82, 2.24) is 19.8 Å². The summed E-state index contributed by atoms with van der Waals surface area (Å²) in [5.74, 6) is 0.848. The van der Waals surface area contributed by atoms with Gasteiger partial charge in [0.1, 0.15) is 11.4 Å². The minimum absolute atomic E-state index is 0.0188. The van der Waals surface area contributed by atoms with Gasteiger partial charge in [-0.15, -0.1) is 0 Å². The quantitative estimate of drug-likeness (QED) is 0.690. The van der Waals surface area contributed by atoms with Crippen LogP contribution in [0, 0.1) is 0 Å². The van der Waals surface area contributed by atoms with Crippen LogP contribution >= 0.6 is 0 Å². The van der Waals surface area contributed by atoms with Crippen LogP contribution in [0.4, 0.5) is 0 Å². The van der Waals surface area contributed by atoms with Gasteiger partial charge in [-0.3, -0.25) is 9.48 Å². The molecule has 0 radical (unpaired) electrons. The van der Waals surface area contributed by atoms with Gasteiger partial charge in [-0.2, -0.15) is 5.10 Å². The molecule has 7 heteroatoms. The minimum atomic E-state index is -0.136. The summed E-state index contributed by atoms with van der Waals surface area (Å²) in [6.45, 7) is 3.53. The first kappa shape index (κ1) is 17.3. The van der Waals surface area contributed by atoms with Crippen molar-refractivity contribution in [2.75, 3.05) is 13.7 Å². The molecule has 1 atom stereocenters. The number of carbonyl (C=O) groups excluding carboxylic acids is 1. The van der Waals surface area contributed by atoms with Gasteiger partial charge < -0.3 is 14.2 Å². The molecule has 1 amide bonds. The van der Waals surface area contributed by atoms with E-state index in [1.807, 2.05) is 39.9 Å². The molecule has 0 bridgehead atoms. The number of rotatable bonds is 5. The Morgan fingerprint density at radius 3 is 3.04 bits per heavy atom. The normalized spacial score (nSPS) is 16.7. The van der Waals surface area contributed by atoms with Crippen LogP contribution in [0.5, 0.6) is 5.75 Å². The standard InChI is InChI=1S/C20H22N4O3/c1-3-24-18(9-10-21-24)17-8-5-11-23(17)20(25)19-13-16(22-27-19)14-6-4-7-15(12-14)26-2/h4,6-7,9-10,12-13,17H,3,5,8,11H2,1-2H3. The van der Waals surface area contributed by atoms with Gasteiger partial charge in [-0.25, -0.2) is 0 Å². The molecule has 140 valence electrons. The molecule has 1 saturated heterocycles. The Kier molecular flexibility index (Phi) is 4.66. The summed E-state index contributed by atoms with van der Waals surface area (Å²) >= 11 is 0. The van der Waals surface area contributed by atoms with Crippen LogP contribution in [-0.4, -0.2) is 39.4 Å². The van der Waals surface area contributed by atoms with E-state index in [2.05, 4.69) is 17.2 Å². The van der Waals surface area contributed by atoms with E-state index in [0.717, 1.165) is 36.4 Å². The van der Waals surface area contributed by atoms with Crippen LogP contribution in [0.1, 0.15) is 42.1 Å². The number of carbonyl (C=O) groups is 1. The van der Waals surface area contributed by atoms with Crippen LogP contribution in [0.15, 0.2) is 47.1 Å². The maximum absolute atomic E-state index is 13.1. The summed E-state index contributed by atoms with van der Waals surface area (Å²) < 4.78 is 12.6. The molecule has 7 nitrogen and oxygen atoms in total. The average molecular weight is 366 g/mol. The highest BCUT2D eigenvalue weighted by molar-refractivity contribution is 5.93. The van der Waals surface area contributed by atoms with Crippen molar-refractivity contribution in [3.8, 4) is 17.0 Å². The second-order valence-electron chi connectivity index (χ2n) is 6.54. The fraction of sp³-hybridized carbons (Fsp3) is 0.350. The Hall–Kier alpha value is -3.09. The van der Waals surface area contributed by atoms with E-state index >= 15 is 0 Å². The second kappa shape index (κ2) is 7.26. The van der Waals surface area contributed by atoms with Crippen molar-refractivity contribution in [3.05, 3.63) is 54.0 Å². The molecule has 4 rings (SSSR count). The second-order valence-corrected chi connectivity index (χ2v) is 6.54. The zero-order chi connectivity index (χ0) is 18.8. The predicted molar refractivity (Wildman–Crippen MR) is 99.4 cm³/mol. The monoisotopic (exact) mass is 366 g/mol. The van der Waals surface area contributed by atoms with E-state index in [0.29, 0.717) is 12.2 Å². The summed E-state index contributed by atoms with van der Waals surface area (Å²) in [5, 5.41) is 8.42. The third kappa shape index (κ3) is 3.20. The van der Waals surface area contributed by atoms with Crippen LogP contribution in [0.25, 0.3) is 11.3 Å². The van der Waals surface area contributed by atoms with Gasteiger partial charge in [0.2, 0.25) is 5.76 Å². The lowest BCUT2D eigenvalue weighted by Crippen LogP contribution is -2.31. The molecule has 27 heavy (non-hydrogen) atoms. The highest BCUT2D eigenvalue weighted by Gasteiger charge is 2.34. The Morgan fingerprint density at radius 1 is 1.33 bits per heavy atom. The van der Waals surface area contributed by atoms with E-state index in [1.165, 1.54) is 0 Å². The molecule has 2 aromatic heterocycles. The zero-order valence-corrected chi connectivity index (χ0v) is 15.5. The number of hydrogen-bond acceptors (Lipinski definition) is 5. The van der Waals surface area contributed by atoms with Gasteiger partial charge in [0.05, 0.1) is 18.8 Å². The number of nitrogens with zero attached hydrogens (tertiary/aromatic N) is 4. The van der Waals surface area contributed by atoms with E-state index in [9.17, 15) is 4.79 Å². The Balaban J connectivity index is 1.58. The summed E-state index contributed by atoms with van der Waals surface area (Å²) in [7, 11) is 1.62. The van der Waals surface area contributed by atoms with Gasteiger partial charge in [0, 0.05) is 30.9 Å². The van der Waals surface area contributed by atoms with Crippen molar-refractivity contribution in [3.63, 3.8) is 0 Å². The van der Waals surface area contributed by atoms with Gasteiger partial charge in [-0.1, -0.05) is 17.3 Å². The molecule has 0 N–H and O–H groups in total. The van der Waals surface area contributed by atoms with E-state index in [1.54, 1.807) is 19.4 Å². The summed E-state index contributed by atoms with van der Waals surface area (Å²) in [4.78, 5) is 14.9. The number of aromatic nitrogens is 3. The highest BCUT2D eigenvalue weighted by Crippen LogP contribution is 2.33. The average Bonchev–Trinajstić information content (AvgIpc) is 3.46. The number of hydrogen-bond donors (Lipinski definition) is 0. The molecule has 1 fully saturated rings. The Morgan fingerprint density at radius 2 is 2.22 bits per heavy atom. The van der Waals surface area contributed by atoms with Crippen molar-refractivity contribution in [1.29, 1.82) is 0 Å². The highest BCUT2D eigenvalue weighted by atomic mass is 16.5. The number of amides is 1. The lowest BCUT2D eigenvalue weighted by atomic mass is 10.1. The van der Waals surface area contributed by atoms with Crippen LogP contribution in [-0.2, 0) is 6.54 Å². The molecule has 0 spiro atoms. The van der Waals surface area contributed by atoms with Gasteiger partial charge in [0.15, 0.2) is 0 Å². The first-order chi connectivity index (χ1) is 13.2. The molecule has 3 heterocycles. The fourth-order valence-corrected chi connectivity index (χ4v) is 3.64. The number of benzene rings is 1. The van der Waals surface area contributed by atoms with Gasteiger partial charge >= 0.3 is 0 Å². The van der Waals surface area contributed by atoms with E-state index in [-0.39, 0.29) is 17.7 Å². The maximum atomic E-state index is 13.1. The summed E-state index contributed by atoms with van der Waals surface area (Å²) in [5.41, 5.74) is 2.53. The van der Waals surface area contributed by atoms with Crippen LogP contribution < -0.4 is 4.74 Å². The number of likely N-dealkylation sites (tertiary alicyclic amines) is 1. The molecule has 3 aromatic rings. The van der Waals surface area contributed by atoms with E-state index in [4.69, 9.17) is 9.26 Å². The molecule has 0 aliphatic carbocycles. The fourth-order valence-electron chi connectivity index (χ4n) is 3.64. The van der Waals surface area contributed by atoms with Crippen molar-refractivity contribution < 1.29 is 14.1 Å². The first-order valence-corrected chi connectivity index (χ1v) is 9.15. The Labute approximate surface area is 157 Å². The minimum Gasteiger partial charge on any atom is -0.497 e. The smallest absolute Gasteiger partial charge is 0.293 e. The summed E-state index contributed by atoms with van der Waals surface area (Å²) in [6.07, 6.45) is 3.67. The molecule has 1 aromatic carbocycles. The van der Waals surface area contributed by atoms with E-state index < -0.39 is 0 Å². The summed E-state index contributed by atoms with van der Waals surface area (Å²) in [6, 6.07) is 11.2. The molecule has 0 saturated carbocycles. The number of ether oxygens (including phenoxy) is 1. The predicted octanol–water partition coefficient (Wildman–Crippen LogP) is 3.54.